The van der Waals surface area contributed by atoms with Crippen LogP contribution in [0.4, 0.5) is 0 Å². The van der Waals surface area contributed by atoms with Crippen LogP contribution in [0.2, 0.25) is 5.02 Å². The number of fused-ring (bicyclic) bond motifs is 3. The van der Waals surface area contributed by atoms with Gasteiger partial charge in [-0.3, -0.25) is 9.59 Å². The minimum absolute atomic E-state index is 0.0402. The number of para-hydroxylation sites is 2. The number of imidazole rings is 1. The van der Waals surface area contributed by atoms with Gasteiger partial charge in [-0.25, -0.2) is 9.55 Å². The molecule has 0 bridgehead atoms. The average molecular weight is 447 g/mol. The number of carbonyl (C=O) groups is 2. The average Bonchev–Trinajstić information content (AvgIpc) is 3.33. The fourth-order valence-electron chi connectivity index (χ4n) is 3.29. The SMILES string of the molecule is O=C(CSc1nn2c3ccccc3nc2n1C(=O)c1ccc(Cl)cc1)c1ccccc1. The van der Waals surface area contributed by atoms with Crippen molar-refractivity contribution >= 4 is 51.9 Å². The molecule has 5 aromatic rings. The number of hydrogen-bond acceptors (Lipinski definition) is 5. The highest BCUT2D eigenvalue weighted by Crippen LogP contribution is 2.25. The third-order valence-electron chi connectivity index (χ3n) is 4.82. The molecule has 0 unspecified atom stereocenters. The minimum Gasteiger partial charge on any atom is -0.293 e. The summed E-state index contributed by atoms with van der Waals surface area (Å²) in [5.74, 6) is 0.220. The Bertz CT molecular complexity index is 1430. The summed E-state index contributed by atoms with van der Waals surface area (Å²) in [6, 6.07) is 23.2. The highest BCUT2D eigenvalue weighted by Gasteiger charge is 2.23. The summed E-state index contributed by atoms with van der Waals surface area (Å²) < 4.78 is 3.09. The van der Waals surface area contributed by atoms with Crippen molar-refractivity contribution in [2.45, 2.75) is 5.16 Å². The molecule has 6 nitrogen and oxygen atoms in total. The van der Waals surface area contributed by atoms with Crippen LogP contribution in [-0.4, -0.2) is 36.6 Å². The molecule has 31 heavy (non-hydrogen) atoms. The number of hydrogen-bond donors (Lipinski definition) is 0. The van der Waals surface area contributed by atoms with Crippen molar-refractivity contribution in [3.63, 3.8) is 0 Å². The fraction of sp³-hybridized carbons (Fsp3) is 0.0435. The lowest BCUT2D eigenvalue weighted by Gasteiger charge is -2.06. The summed E-state index contributed by atoms with van der Waals surface area (Å²) in [5.41, 5.74) is 2.59. The van der Waals surface area contributed by atoms with E-state index in [-0.39, 0.29) is 17.4 Å². The number of rotatable bonds is 5. The molecular weight excluding hydrogens is 432 g/mol. The molecule has 8 heteroatoms. The molecule has 5 rings (SSSR count). The molecule has 0 aliphatic carbocycles. The van der Waals surface area contributed by atoms with Gasteiger partial charge in [-0.1, -0.05) is 65.8 Å². The number of nitrogens with zero attached hydrogens (tertiary/aromatic N) is 4. The van der Waals surface area contributed by atoms with Crippen molar-refractivity contribution in [1.82, 2.24) is 19.2 Å². The van der Waals surface area contributed by atoms with E-state index < -0.39 is 0 Å². The molecule has 2 aromatic heterocycles. The van der Waals surface area contributed by atoms with E-state index in [4.69, 9.17) is 11.6 Å². The van der Waals surface area contributed by atoms with Gasteiger partial charge in [0.15, 0.2) is 10.9 Å². The summed E-state index contributed by atoms with van der Waals surface area (Å²) >= 11 is 7.18. The van der Waals surface area contributed by atoms with E-state index >= 15 is 0 Å². The molecule has 0 radical (unpaired) electrons. The number of benzene rings is 3. The van der Waals surface area contributed by atoms with Gasteiger partial charge in [0.1, 0.15) is 0 Å². The van der Waals surface area contributed by atoms with Crippen molar-refractivity contribution in [2.75, 3.05) is 5.75 Å². The Labute approximate surface area is 186 Å². The number of Topliss-reactive ketones (excluding diaryl/α,β-unsaturated/α-hetero) is 1. The second kappa shape index (κ2) is 8.02. The predicted octanol–water partition coefficient (Wildman–Crippen LogP) is 5.00. The Balaban J connectivity index is 1.58. The molecule has 3 aromatic carbocycles. The van der Waals surface area contributed by atoms with Crippen molar-refractivity contribution in [1.29, 1.82) is 0 Å². The first-order valence-corrected chi connectivity index (χ1v) is 10.9. The zero-order valence-corrected chi connectivity index (χ0v) is 17.7. The first kappa shape index (κ1) is 19.5. The van der Waals surface area contributed by atoms with Gasteiger partial charge in [0, 0.05) is 16.1 Å². The van der Waals surface area contributed by atoms with Crippen LogP contribution in [0.25, 0.3) is 16.8 Å². The third-order valence-corrected chi connectivity index (χ3v) is 6.00. The van der Waals surface area contributed by atoms with Crippen LogP contribution in [0.3, 0.4) is 0 Å². The first-order valence-electron chi connectivity index (χ1n) is 9.49. The fourth-order valence-corrected chi connectivity index (χ4v) is 4.28. The molecule has 0 saturated carbocycles. The molecule has 0 amide bonds. The molecule has 0 atom stereocenters. The largest absolute Gasteiger partial charge is 0.293 e. The normalized spacial score (nSPS) is 11.3. The van der Waals surface area contributed by atoms with Crippen LogP contribution in [-0.2, 0) is 0 Å². The smallest absolute Gasteiger partial charge is 0.266 e. The van der Waals surface area contributed by atoms with E-state index in [1.165, 1.54) is 16.3 Å². The van der Waals surface area contributed by atoms with Crippen molar-refractivity contribution in [3.05, 3.63) is 95.0 Å². The Morgan fingerprint density at radius 2 is 1.58 bits per heavy atom. The summed E-state index contributed by atoms with van der Waals surface area (Å²) in [6.07, 6.45) is 0. The highest BCUT2D eigenvalue weighted by atomic mass is 35.5. The number of halogens is 1. The number of aromatic nitrogens is 4. The number of carbonyl (C=O) groups excluding carboxylic acids is 2. The minimum atomic E-state index is -0.288. The lowest BCUT2D eigenvalue weighted by molar-refractivity contribution is 0.0952. The molecule has 0 fully saturated rings. The van der Waals surface area contributed by atoms with Crippen LogP contribution in [0.1, 0.15) is 20.7 Å². The lowest BCUT2D eigenvalue weighted by atomic mass is 10.2. The molecule has 2 heterocycles. The van der Waals surface area contributed by atoms with Gasteiger partial charge in [0.25, 0.3) is 5.91 Å². The first-order chi connectivity index (χ1) is 15.1. The van der Waals surface area contributed by atoms with E-state index in [1.807, 2.05) is 42.5 Å². The van der Waals surface area contributed by atoms with E-state index in [0.717, 1.165) is 11.0 Å². The summed E-state index contributed by atoms with van der Waals surface area (Å²) in [5, 5.41) is 5.56. The highest BCUT2D eigenvalue weighted by molar-refractivity contribution is 7.99. The van der Waals surface area contributed by atoms with Gasteiger partial charge in [-0.2, -0.15) is 4.52 Å². The van der Waals surface area contributed by atoms with Gasteiger partial charge in [0.05, 0.1) is 16.8 Å². The quantitative estimate of drug-likeness (QED) is 0.280. The Kier molecular flexibility index (Phi) is 5.05. The second-order valence-electron chi connectivity index (χ2n) is 6.82. The van der Waals surface area contributed by atoms with Crippen molar-refractivity contribution < 1.29 is 9.59 Å². The van der Waals surface area contributed by atoms with Gasteiger partial charge in [-0.05, 0) is 36.4 Å². The van der Waals surface area contributed by atoms with Crippen LogP contribution >= 0.6 is 23.4 Å². The molecule has 152 valence electrons. The van der Waals surface area contributed by atoms with Gasteiger partial charge >= 0.3 is 0 Å². The summed E-state index contributed by atoms with van der Waals surface area (Å²) in [6.45, 7) is 0. The summed E-state index contributed by atoms with van der Waals surface area (Å²) in [4.78, 5) is 30.6. The maximum Gasteiger partial charge on any atom is 0.266 e. The maximum absolute atomic E-state index is 13.4. The van der Waals surface area contributed by atoms with Crippen molar-refractivity contribution in [2.24, 2.45) is 0 Å². The van der Waals surface area contributed by atoms with Gasteiger partial charge in [-0.15, -0.1) is 5.10 Å². The van der Waals surface area contributed by atoms with Crippen LogP contribution in [0.5, 0.6) is 0 Å². The zero-order valence-electron chi connectivity index (χ0n) is 16.1. The Hall–Kier alpha value is -3.42. The molecule has 0 N–H and O–H groups in total. The van der Waals surface area contributed by atoms with Gasteiger partial charge < -0.3 is 0 Å². The Morgan fingerprint density at radius 1 is 0.871 bits per heavy atom. The summed E-state index contributed by atoms with van der Waals surface area (Å²) in [7, 11) is 0. The Morgan fingerprint density at radius 3 is 2.35 bits per heavy atom. The van der Waals surface area contributed by atoms with Crippen LogP contribution in [0.15, 0.2) is 84.0 Å². The molecule has 0 spiro atoms. The van der Waals surface area contributed by atoms with E-state index in [9.17, 15) is 9.59 Å². The van der Waals surface area contributed by atoms with Crippen molar-refractivity contribution in [3.8, 4) is 0 Å². The standard InChI is InChI=1S/C23H15ClN4O2S/c24-17-12-10-16(11-13-17)21(30)27-22-25-18-8-4-5-9-19(18)28(22)26-23(27)31-14-20(29)15-6-2-1-3-7-15/h1-13H,14H2. The maximum atomic E-state index is 13.4. The molecule has 0 saturated heterocycles. The molecule has 0 aliphatic rings. The topological polar surface area (TPSA) is 69.3 Å². The van der Waals surface area contributed by atoms with E-state index in [0.29, 0.717) is 27.1 Å². The lowest BCUT2D eigenvalue weighted by Crippen LogP contribution is -2.14. The monoisotopic (exact) mass is 446 g/mol. The van der Waals surface area contributed by atoms with Gasteiger partial charge in [0.2, 0.25) is 5.78 Å². The van der Waals surface area contributed by atoms with E-state index in [2.05, 4.69) is 10.1 Å². The predicted molar refractivity (Wildman–Crippen MR) is 121 cm³/mol. The van der Waals surface area contributed by atoms with Crippen LogP contribution in [0, 0.1) is 0 Å². The number of thioether (sulfide) groups is 1. The second-order valence-corrected chi connectivity index (χ2v) is 8.20. The number of ketones is 1. The zero-order chi connectivity index (χ0) is 21.4. The van der Waals surface area contributed by atoms with E-state index in [1.54, 1.807) is 40.9 Å². The molecular formula is C23H15ClN4O2S. The van der Waals surface area contributed by atoms with Crippen LogP contribution < -0.4 is 0 Å². The molecule has 0 aliphatic heterocycles. The third kappa shape index (κ3) is 3.62.